The number of halogens is 2. The molecule has 0 radical (unpaired) electrons. The standard InChI is InChI=1S/C21H15F2N3O/c22-17-8-4-15(5-9-17)2-1-3-20-25-19-13-26(14-24-21(19)27-20)12-16-6-10-18(23)11-7-16/h4-11,14H,2,12-13H2. The van der Waals surface area contributed by atoms with Crippen molar-refractivity contribution in [3.63, 3.8) is 0 Å². The number of nitrogens with zero attached hydrogens (tertiary/aromatic N) is 3. The highest BCUT2D eigenvalue weighted by atomic mass is 19.1. The largest absolute Gasteiger partial charge is 0.411 e. The highest BCUT2D eigenvalue weighted by Gasteiger charge is 2.18. The quantitative estimate of drug-likeness (QED) is 0.654. The lowest BCUT2D eigenvalue weighted by Gasteiger charge is -2.20. The van der Waals surface area contributed by atoms with Crippen molar-refractivity contribution in [2.75, 3.05) is 0 Å². The normalized spacial score (nSPS) is 12.4. The van der Waals surface area contributed by atoms with Crippen LogP contribution >= 0.6 is 0 Å². The van der Waals surface area contributed by atoms with Crippen molar-refractivity contribution in [2.24, 2.45) is 4.99 Å². The molecule has 2 aromatic carbocycles. The van der Waals surface area contributed by atoms with E-state index in [4.69, 9.17) is 4.42 Å². The summed E-state index contributed by atoms with van der Waals surface area (Å²) in [4.78, 5) is 10.6. The molecule has 1 aliphatic heterocycles. The number of benzene rings is 2. The third-order valence-electron chi connectivity index (χ3n) is 4.07. The van der Waals surface area contributed by atoms with Gasteiger partial charge < -0.3 is 9.32 Å². The molecule has 0 unspecified atom stereocenters. The minimum atomic E-state index is -0.268. The Balaban J connectivity index is 1.40. The Bertz CT molecular complexity index is 1030. The summed E-state index contributed by atoms with van der Waals surface area (Å²) in [6.45, 7) is 1.14. The number of hydrogen-bond acceptors (Lipinski definition) is 4. The van der Waals surface area contributed by atoms with Gasteiger partial charge in [-0.15, -0.1) is 0 Å². The van der Waals surface area contributed by atoms with E-state index >= 15 is 0 Å². The van der Waals surface area contributed by atoms with E-state index in [-0.39, 0.29) is 11.6 Å². The molecule has 0 spiro atoms. The summed E-state index contributed by atoms with van der Waals surface area (Å²) in [5.74, 6) is 6.09. The molecule has 0 fully saturated rings. The van der Waals surface area contributed by atoms with E-state index in [1.165, 1.54) is 24.3 Å². The van der Waals surface area contributed by atoms with Gasteiger partial charge in [-0.05, 0) is 41.3 Å². The van der Waals surface area contributed by atoms with Crippen molar-refractivity contribution < 1.29 is 13.2 Å². The van der Waals surface area contributed by atoms with E-state index in [1.807, 2.05) is 4.90 Å². The zero-order valence-corrected chi connectivity index (χ0v) is 14.3. The monoisotopic (exact) mass is 363 g/mol. The fourth-order valence-electron chi connectivity index (χ4n) is 2.71. The highest BCUT2D eigenvalue weighted by molar-refractivity contribution is 5.63. The molecule has 6 heteroatoms. The summed E-state index contributed by atoms with van der Waals surface area (Å²) in [5, 5.41) is 0. The van der Waals surface area contributed by atoms with Gasteiger partial charge in [-0.25, -0.2) is 18.8 Å². The van der Waals surface area contributed by atoms with Crippen LogP contribution in [0.1, 0.15) is 22.7 Å². The highest BCUT2D eigenvalue weighted by Crippen LogP contribution is 2.25. The van der Waals surface area contributed by atoms with E-state index in [2.05, 4.69) is 21.8 Å². The smallest absolute Gasteiger partial charge is 0.275 e. The molecule has 0 N–H and O–H groups in total. The fourth-order valence-corrected chi connectivity index (χ4v) is 2.71. The van der Waals surface area contributed by atoms with Gasteiger partial charge in [0.2, 0.25) is 5.88 Å². The maximum atomic E-state index is 13.0. The molecule has 0 bridgehead atoms. The van der Waals surface area contributed by atoms with Gasteiger partial charge in [-0.2, -0.15) is 0 Å². The second-order valence-electron chi connectivity index (χ2n) is 6.15. The maximum Gasteiger partial charge on any atom is 0.275 e. The lowest BCUT2D eigenvalue weighted by Crippen LogP contribution is -2.23. The number of fused-ring (bicyclic) bond motifs is 1. The van der Waals surface area contributed by atoms with Crippen molar-refractivity contribution >= 4 is 12.2 Å². The van der Waals surface area contributed by atoms with Gasteiger partial charge in [-0.1, -0.05) is 30.2 Å². The number of aliphatic imine (C=N–C) groups is 1. The van der Waals surface area contributed by atoms with Crippen LogP contribution in [-0.4, -0.2) is 16.2 Å². The molecule has 0 aliphatic carbocycles. The fraction of sp³-hybridized carbons (Fsp3) is 0.143. The summed E-state index contributed by atoms with van der Waals surface area (Å²) < 4.78 is 31.5. The first-order valence-corrected chi connectivity index (χ1v) is 8.41. The molecule has 0 atom stereocenters. The number of rotatable bonds is 3. The molecular formula is C21H15F2N3O. The van der Waals surface area contributed by atoms with Crippen LogP contribution in [0.15, 0.2) is 57.9 Å². The van der Waals surface area contributed by atoms with E-state index in [9.17, 15) is 8.78 Å². The minimum Gasteiger partial charge on any atom is -0.411 e. The predicted octanol–water partition coefficient (Wildman–Crippen LogP) is 4.22. The summed E-state index contributed by atoms with van der Waals surface area (Å²) >= 11 is 0. The van der Waals surface area contributed by atoms with E-state index in [0.717, 1.165) is 11.1 Å². The van der Waals surface area contributed by atoms with Crippen LogP contribution in [0.3, 0.4) is 0 Å². The van der Waals surface area contributed by atoms with Crippen LogP contribution in [0.4, 0.5) is 14.7 Å². The van der Waals surface area contributed by atoms with Crippen LogP contribution in [0, 0.1) is 23.5 Å². The van der Waals surface area contributed by atoms with Gasteiger partial charge in [0, 0.05) is 13.0 Å². The molecule has 1 aromatic heterocycles. The van der Waals surface area contributed by atoms with Crippen LogP contribution in [-0.2, 0) is 19.5 Å². The predicted molar refractivity (Wildman–Crippen MR) is 97.3 cm³/mol. The average molecular weight is 363 g/mol. The summed E-state index contributed by atoms with van der Waals surface area (Å²) in [6.07, 6.45) is 2.17. The summed E-state index contributed by atoms with van der Waals surface area (Å²) in [5.41, 5.74) is 2.61. The van der Waals surface area contributed by atoms with Crippen molar-refractivity contribution in [2.45, 2.75) is 19.5 Å². The first kappa shape index (κ1) is 17.0. The third-order valence-corrected chi connectivity index (χ3v) is 4.07. The summed E-state index contributed by atoms with van der Waals surface area (Å²) in [7, 11) is 0. The van der Waals surface area contributed by atoms with Gasteiger partial charge >= 0.3 is 0 Å². The van der Waals surface area contributed by atoms with Crippen molar-refractivity contribution in [1.29, 1.82) is 0 Å². The zero-order valence-electron chi connectivity index (χ0n) is 14.3. The zero-order chi connectivity index (χ0) is 18.6. The molecule has 1 aliphatic rings. The average Bonchev–Trinajstić information content (AvgIpc) is 3.07. The lowest BCUT2D eigenvalue weighted by molar-refractivity contribution is 0.404. The molecule has 4 rings (SSSR count). The second kappa shape index (κ2) is 7.42. The Kier molecular flexibility index (Phi) is 4.67. The van der Waals surface area contributed by atoms with Gasteiger partial charge in [-0.3, -0.25) is 0 Å². The van der Waals surface area contributed by atoms with Crippen LogP contribution in [0.25, 0.3) is 0 Å². The SMILES string of the molecule is Fc1ccc(CC#Cc2nc3c(o2)N=CN(Cc2ccc(F)cc2)C3)cc1. The molecule has 0 saturated carbocycles. The molecular weight excluding hydrogens is 348 g/mol. The van der Waals surface area contributed by atoms with E-state index in [0.29, 0.717) is 37.0 Å². The number of aromatic nitrogens is 1. The molecule has 4 nitrogen and oxygen atoms in total. The molecule has 3 aromatic rings. The van der Waals surface area contributed by atoms with Crippen LogP contribution < -0.4 is 0 Å². The molecule has 2 heterocycles. The minimum absolute atomic E-state index is 0.256. The first-order valence-electron chi connectivity index (χ1n) is 8.41. The Hall–Kier alpha value is -3.46. The first-order chi connectivity index (χ1) is 13.2. The second-order valence-corrected chi connectivity index (χ2v) is 6.15. The van der Waals surface area contributed by atoms with Gasteiger partial charge in [0.1, 0.15) is 17.3 Å². The van der Waals surface area contributed by atoms with Gasteiger partial charge in [0.25, 0.3) is 5.89 Å². The Morgan fingerprint density at radius 1 is 0.963 bits per heavy atom. The third kappa shape index (κ3) is 4.21. The van der Waals surface area contributed by atoms with Gasteiger partial charge in [0.05, 0.1) is 12.9 Å². The Labute approximate surface area is 155 Å². The Morgan fingerprint density at radius 3 is 2.33 bits per heavy atom. The van der Waals surface area contributed by atoms with Crippen LogP contribution in [0.5, 0.6) is 0 Å². The lowest BCUT2D eigenvalue weighted by atomic mass is 10.1. The van der Waals surface area contributed by atoms with Crippen molar-refractivity contribution in [3.05, 3.63) is 82.9 Å². The van der Waals surface area contributed by atoms with E-state index in [1.54, 1.807) is 30.6 Å². The topological polar surface area (TPSA) is 41.6 Å². The summed E-state index contributed by atoms with van der Waals surface area (Å²) in [6, 6.07) is 12.6. The molecule has 0 amide bonds. The van der Waals surface area contributed by atoms with E-state index < -0.39 is 0 Å². The Morgan fingerprint density at radius 2 is 1.63 bits per heavy atom. The van der Waals surface area contributed by atoms with Gasteiger partial charge in [0.15, 0.2) is 0 Å². The number of oxazole rings is 1. The molecule has 0 saturated heterocycles. The number of hydrogen-bond donors (Lipinski definition) is 0. The van der Waals surface area contributed by atoms with Crippen molar-refractivity contribution in [1.82, 2.24) is 9.88 Å². The molecule has 134 valence electrons. The maximum absolute atomic E-state index is 13.0. The molecule has 27 heavy (non-hydrogen) atoms. The van der Waals surface area contributed by atoms with Crippen LogP contribution in [0.2, 0.25) is 0 Å². The van der Waals surface area contributed by atoms with Crippen molar-refractivity contribution in [3.8, 4) is 11.8 Å².